The Labute approximate surface area is 227 Å². The largest absolute Gasteiger partial charge is 0.382 e. The van der Waals surface area contributed by atoms with Crippen molar-refractivity contribution >= 4 is 28.7 Å². The van der Waals surface area contributed by atoms with Gasteiger partial charge in [-0.15, -0.1) is 0 Å². The number of rotatable bonds is 7. The summed E-state index contributed by atoms with van der Waals surface area (Å²) in [6, 6.07) is 7.72. The number of aliphatic hydroxyl groups is 1. The van der Waals surface area contributed by atoms with Crippen molar-refractivity contribution in [3.63, 3.8) is 0 Å². The fourth-order valence-electron chi connectivity index (χ4n) is 5.21. The van der Waals surface area contributed by atoms with Crippen molar-refractivity contribution in [3.05, 3.63) is 42.5 Å². The second-order valence-corrected chi connectivity index (χ2v) is 11.3. The molecule has 4 heterocycles. The third-order valence-electron chi connectivity index (χ3n) is 7.52. The van der Waals surface area contributed by atoms with Gasteiger partial charge in [0.2, 0.25) is 0 Å². The molecule has 0 aliphatic carbocycles. The molecule has 5 rings (SSSR count). The SMILES string of the molecule is CC1O[C@@H]2[C@@H](CN1CCCCNC(=O)Nc1ccc(C(C)(C)C)cc1)OC[C@]2(O)n1cnc2c(N)ncnc21. The molecule has 1 aromatic carbocycles. The summed E-state index contributed by atoms with van der Waals surface area (Å²) in [5.41, 5.74) is 7.39. The Kier molecular flexibility index (Phi) is 7.47. The van der Waals surface area contributed by atoms with E-state index < -0.39 is 11.8 Å². The highest BCUT2D eigenvalue weighted by Gasteiger charge is 2.55. The van der Waals surface area contributed by atoms with Crippen LogP contribution in [0.4, 0.5) is 16.3 Å². The van der Waals surface area contributed by atoms with Gasteiger partial charge >= 0.3 is 6.03 Å². The maximum atomic E-state index is 12.3. The van der Waals surface area contributed by atoms with E-state index in [1.807, 2.05) is 31.2 Å². The molecule has 12 nitrogen and oxygen atoms in total. The minimum atomic E-state index is -1.45. The van der Waals surface area contributed by atoms with Crippen LogP contribution >= 0.6 is 0 Å². The third-order valence-corrected chi connectivity index (χ3v) is 7.52. The van der Waals surface area contributed by atoms with Crippen LogP contribution < -0.4 is 16.4 Å². The highest BCUT2D eigenvalue weighted by molar-refractivity contribution is 5.89. The molecule has 0 radical (unpaired) electrons. The van der Waals surface area contributed by atoms with E-state index in [9.17, 15) is 9.90 Å². The van der Waals surface area contributed by atoms with Crippen LogP contribution in [0.5, 0.6) is 0 Å². The van der Waals surface area contributed by atoms with Gasteiger partial charge in [0.15, 0.2) is 17.2 Å². The van der Waals surface area contributed by atoms with E-state index in [2.05, 4.69) is 51.3 Å². The monoisotopic (exact) mass is 538 g/mol. The topological polar surface area (TPSA) is 153 Å². The van der Waals surface area contributed by atoms with Crippen LogP contribution in [0.2, 0.25) is 0 Å². The Hall–Kier alpha value is -3.32. The van der Waals surface area contributed by atoms with Crippen molar-refractivity contribution in [2.45, 2.75) is 70.1 Å². The third kappa shape index (κ3) is 5.55. The van der Waals surface area contributed by atoms with Gasteiger partial charge in [-0.1, -0.05) is 32.9 Å². The summed E-state index contributed by atoms with van der Waals surface area (Å²) in [5.74, 6) is 0.253. The molecular formula is C27H38N8O4. The highest BCUT2D eigenvalue weighted by Crippen LogP contribution is 2.38. The Morgan fingerprint density at radius 2 is 1.97 bits per heavy atom. The standard InChI is InChI=1S/C27H38N8O4/c1-17-34(12-6-5-11-29-25(36)33-19-9-7-18(8-10-19)26(2,3)4)13-20-22(39-17)27(37,14-38-20)35-16-32-21-23(28)30-15-31-24(21)35/h7-10,15-17,20,22,37H,5-6,11-14H2,1-4H3,(H2,28,30,31)(H2,29,33,36)/t17?,20-,22-,27-/m1/s1. The molecule has 12 heteroatoms. The maximum absolute atomic E-state index is 12.3. The van der Waals surface area contributed by atoms with Gasteiger partial charge in [0.05, 0.1) is 12.9 Å². The zero-order valence-electron chi connectivity index (χ0n) is 22.9. The molecular weight excluding hydrogens is 500 g/mol. The first-order valence-electron chi connectivity index (χ1n) is 13.4. The molecule has 2 saturated heterocycles. The first-order chi connectivity index (χ1) is 18.6. The number of carbonyl (C=O) groups excluding carboxylic acids is 1. The Morgan fingerprint density at radius 1 is 1.21 bits per heavy atom. The number of urea groups is 1. The summed E-state index contributed by atoms with van der Waals surface area (Å²) in [4.78, 5) is 27.0. The van der Waals surface area contributed by atoms with Gasteiger partial charge in [-0.25, -0.2) is 19.7 Å². The maximum Gasteiger partial charge on any atom is 0.319 e. The van der Waals surface area contributed by atoms with Crippen LogP contribution in [0.15, 0.2) is 36.9 Å². The van der Waals surface area contributed by atoms with Gasteiger partial charge in [0, 0.05) is 25.3 Å². The Morgan fingerprint density at radius 3 is 2.72 bits per heavy atom. The molecule has 210 valence electrons. The summed E-state index contributed by atoms with van der Waals surface area (Å²) in [6.07, 6.45) is 3.43. The number of nitrogens with one attached hydrogen (secondary N) is 2. The fraction of sp³-hybridized carbons (Fsp3) is 0.556. The molecule has 1 unspecified atom stereocenters. The van der Waals surface area contributed by atoms with E-state index >= 15 is 0 Å². The van der Waals surface area contributed by atoms with Crippen molar-refractivity contribution in [3.8, 4) is 0 Å². The number of nitrogens with two attached hydrogens (primary N) is 1. The number of carbonyl (C=O) groups is 1. The molecule has 0 saturated carbocycles. The second kappa shape index (κ2) is 10.7. The summed E-state index contributed by atoms with van der Waals surface area (Å²) in [5, 5.41) is 17.4. The zero-order valence-corrected chi connectivity index (χ0v) is 22.9. The molecule has 4 atom stereocenters. The Balaban J connectivity index is 1.08. The van der Waals surface area contributed by atoms with E-state index in [0.29, 0.717) is 24.3 Å². The van der Waals surface area contributed by atoms with Crippen molar-refractivity contribution in [1.82, 2.24) is 29.7 Å². The predicted molar refractivity (Wildman–Crippen MR) is 147 cm³/mol. The molecule has 3 aromatic rings. The minimum Gasteiger partial charge on any atom is -0.382 e. The number of nitrogen functional groups attached to an aromatic ring is 1. The van der Waals surface area contributed by atoms with Crippen molar-refractivity contribution < 1.29 is 19.4 Å². The van der Waals surface area contributed by atoms with Crippen molar-refractivity contribution in [2.75, 3.05) is 37.3 Å². The van der Waals surface area contributed by atoms with Crippen LogP contribution in [0.3, 0.4) is 0 Å². The number of nitrogens with zero attached hydrogens (tertiary/aromatic N) is 5. The van der Waals surface area contributed by atoms with E-state index in [1.165, 1.54) is 18.2 Å². The number of ether oxygens (including phenoxy) is 2. The number of unbranched alkanes of at least 4 members (excludes halogenated alkanes) is 1. The summed E-state index contributed by atoms with van der Waals surface area (Å²) >= 11 is 0. The summed E-state index contributed by atoms with van der Waals surface area (Å²) in [6.45, 7) is 10.5. The van der Waals surface area contributed by atoms with E-state index in [-0.39, 0.29) is 36.2 Å². The normalized spacial score (nSPS) is 25.5. The van der Waals surface area contributed by atoms with Crippen LogP contribution in [0.1, 0.15) is 46.1 Å². The van der Waals surface area contributed by atoms with E-state index in [4.69, 9.17) is 15.2 Å². The van der Waals surface area contributed by atoms with Gasteiger partial charge in [0.25, 0.3) is 0 Å². The zero-order chi connectivity index (χ0) is 27.8. The summed E-state index contributed by atoms with van der Waals surface area (Å²) in [7, 11) is 0. The average Bonchev–Trinajstić information content (AvgIpc) is 3.47. The smallest absolute Gasteiger partial charge is 0.319 e. The lowest BCUT2D eigenvalue weighted by molar-refractivity contribution is -0.214. The fourth-order valence-corrected chi connectivity index (χ4v) is 5.21. The highest BCUT2D eigenvalue weighted by atomic mass is 16.6. The lowest BCUT2D eigenvalue weighted by Gasteiger charge is -2.42. The number of hydrogen-bond acceptors (Lipinski definition) is 9. The number of hydrogen-bond donors (Lipinski definition) is 4. The number of amides is 2. The number of imidazole rings is 1. The van der Waals surface area contributed by atoms with Crippen LogP contribution in [-0.4, -0.2) is 80.2 Å². The number of fused-ring (bicyclic) bond motifs is 2. The van der Waals surface area contributed by atoms with Gasteiger partial charge in [-0.2, -0.15) is 0 Å². The van der Waals surface area contributed by atoms with Gasteiger partial charge in [-0.3, -0.25) is 9.47 Å². The molecule has 2 aromatic heterocycles. The number of aromatic nitrogens is 4. The van der Waals surface area contributed by atoms with Gasteiger partial charge in [-0.05, 0) is 42.9 Å². The second-order valence-electron chi connectivity index (χ2n) is 11.3. The van der Waals surface area contributed by atoms with Gasteiger partial charge < -0.3 is 30.9 Å². The molecule has 2 amide bonds. The molecule has 0 spiro atoms. The van der Waals surface area contributed by atoms with Crippen LogP contribution in [-0.2, 0) is 20.6 Å². The number of benzene rings is 1. The van der Waals surface area contributed by atoms with Crippen LogP contribution in [0.25, 0.3) is 11.2 Å². The minimum absolute atomic E-state index is 0.0518. The molecule has 2 aliphatic heterocycles. The van der Waals surface area contributed by atoms with Crippen LogP contribution in [0, 0.1) is 0 Å². The quantitative estimate of drug-likeness (QED) is 0.332. The predicted octanol–water partition coefficient (Wildman–Crippen LogP) is 2.40. The molecule has 39 heavy (non-hydrogen) atoms. The Bertz CT molecular complexity index is 1310. The average molecular weight is 539 g/mol. The molecule has 0 bridgehead atoms. The molecule has 2 fully saturated rings. The van der Waals surface area contributed by atoms with Crippen molar-refractivity contribution in [1.29, 1.82) is 0 Å². The lowest BCUT2D eigenvalue weighted by atomic mass is 9.87. The lowest BCUT2D eigenvalue weighted by Crippen LogP contribution is -2.58. The van der Waals surface area contributed by atoms with Crippen molar-refractivity contribution in [2.24, 2.45) is 0 Å². The molecule has 2 aliphatic rings. The summed E-state index contributed by atoms with van der Waals surface area (Å²) < 4.78 is 13.8. The first-order valence-corrected chi connectivity index (χ1v) is 13.4. The van der Waals surface area contributed by atoms with E-state index in [1.54, 1.807) is 4.57 Å². The van der Waals surface area contributed by atoms with Gasteiger partial charge in [0.1, 0.15) is 30.3 Å². The van der Waals surface area contributed by atoms with E-state index in [0.717, 1.165) is 25.1 Å². The molecule has 5 N–H and O–H groups in total. The first kappa shape index (κ1) is 27.3. The number of anilines is 2.